The molecule has 0 amide bonds. The van der Waals surface area contributed by atoms with Crippen molar-refractivity contribution in [1.29, 1.82) is 0 Å². The molecule has 0 aliphatic heterocycles. The van der Waals surface area contributed by atoms with Crippen molar-refractivity contribution in [1.82, 2.24) is 0 Å². The first kappa shape index (κ1) is 75.5. The number of hydrogen-bond donors (Lipinski definition) is 1. The standard InChI is InChI=1S/C70H123NO8/c1-6-8-10-12-14-16-18-20-22-24-26-28-29-30-31-32-33-34-35-36-37-38-39-41-42-44-46-48-50-52-54-56-58-60-67(72)77-64-66(65-78-70(69(74)75)76-63-62-71(3,4)5)79-68(73)61-59-57-55-53-51-49-47-45-43-40-27-25-23-21-19-17-15-13-11-9-7-2/h9,11,15,17-18,20-21,23-24,26-27,29-30,40,66,70H,6-8,10,12-14,16,19,22,25,28,31-39,41-65H2,1-5H3/p+1/b11-9-,17-15-,20-18-,23-21-,26-24-,30-29-,40-27-. The van der Waals surface area contributed by atoms with Gasteiger partial charge in [0.15, 0.2) is 6.10 Å². The van der Waals surface area contributed by atoms with Crippen LogP contribution in [0.1, 0.15) is 284 Å². The average molecular weight is 1110 g/mol. The third-order valence-corrected chi connectivity index (χ3v) is 14.1. The van der Waals surface area contributed by atoms with Gasteiger partial charge in [-0.05, 0) is 89.9 Å². The van der Waals surface area contributed by atoms with Gasteiger partial charge < -0.3 is 28.5 Å². The largest absolute Gasteiger partial charge is 0.477 e. The molecule has 0 aliphatic carbocycles. The quantitative estimate of drug-likeness (QED) is 0.0211. The van der Waals surface area contributed by atoms with Crippen LogP contribution in [0.25, 0.3) is 0 Å². The maximum Gasteiger partial charge on any atom is 0.361 e. The van der Waals surface area contributed by atoms with Crippen molar-refractivity contribution in [3.63, 3.8) is 0 Å². The molecule has 9 heteroatoms. The fraction of sp³-hybridized carbons (Fsp3) is 0.757. The predicted octanol–water partition coefficient (Wildman–Crippen LogP) is 19.9. The number of aliphatic carboxylic acids is 1. The number of carbonyl (C=O) groups excluding carboxylic acids is 2. The number of carbonyl (C=O) groups is 3. The van der Waals surface area contributed by atoms with E-state index in [1.807, 2.05) is 21.1 Å². The fourth-order valence-corrected chi connectivity index (χ4v) is 9.13. The van der Waals surface area contributed by atoms with Crippen LogP contribution in [0.5, 0.6) is 0 Å². The van der Waals surface area contributed by atoms with Crippen LogP contribution in [-0.2, 0) is 33.3 Å². The minimum Gasteiger partial charge on any atom is -0.477 e. The minimum absolute atomic E-state index is 0.183. The summed E-state index contributed by atoms with van der Waals surface area (Å²) in [4.78, 5) is 37.5. The monoisotopic (exact) mass is 1110 g/mol. The zero-order valence-corrected chi connectivity index (χ0v) is 52.0. The third kappa shape index (κ3) is 61.9. The number of carboxylic acid groups (broad SMARTS) is 1. The molecule has 0 bridgehead atoms. The van der Waals surface area contributed by atoms with Gasteiger partial charge in [0.1, 0.15) is 13.2 Å². The van der Waals surface area contributed by atoms with Crippen LogP contribution in [0, 0.1) is 0 Å². The summed E-state index contributed by atoms with van der Waals surface area (Å²) in [5, 5.41) is 9.73. The Kier molecular flexibility index (Phi) is 57.9. The Bertz CT molecular complexity index is 1570. The van der Waals surface area contributed by atoms with Crippen LogP contribution >= 0.6 is 0 Å². The number of likely N-dealkylation sites (N-methyl/N-ethyl adjacent to an activating group) is 1. The first-order chi connectivity index (χ1) is 38.6. The Morgan fingerprint density at radius 2 is 0.722 bits per heavy atom. The second kappa shape index (κ2) is 60.6. The topological polar surface area (TPSA) is 108 Å². The van der Waals surface area contributed by atoms with Gasteiger partial charge in [-0.15, -0.1) is 0 Å². The van der Waals surface area contributed by atoms with Gasteiger partial charge in [0.05, 0.1) is 34.4 Å². The van der Waals surface area contributed by atoms with Crippen LogP contribution in [-0.4, -0.2) is 87.4 Å². The first-order valence-corrected chi connectivity index (χ1v) is 32.8. The van der Waals surface area contributed by atoms with E-state index in [-0.39, 0.29) is 32.2 Å². The molecule has 0 aromatic heterocycles. The van der Waals surface area contributed by atoms with Crippen molar-refractivity contribution in [2.75, 3.05) is 47.5 Å². The number of hydrogen-bond acceptors (Lipinski definition) is 7. The molecule has 0 aliphatic rings. The van der Waals surface area contributed by atoms with Gasteiger partial charge >= 0.3 is 17.9 Å². The van der Waals surface area contributed by atoms with Crippen LogP contribution < -0.4 is 0 Å². The lowest BCUT2D eigenvalue weighted by Crippen LogP contribution is -2.40. The molecule has 0 saturated heterocycles. The summed E-state index contributed by atoms with van der Waals surface area (Å²) in [5.41, 5.74) is 0. The van der Waals surface area contributed by atoms with E-state index in [9.17, 15) is 19.5 Å². The van der Waals surface area contributed by atoms with E-state index in [1.165, 1.54) is 167 Å². The van der Waals surface area contributed by atoms with Crippen LogP contribution in [0.15, 0.2) is 85.1 Å². The van der Waals surface area contributed by atoms with Gasteiger partial charge in [0.2, 0.25) is 0 Å². The number of carboxylic acids is 1. The van der Waals surface area contributed by atoms with Gasteiger partial charge in [-0.25, -0.2) is 4.79 Å². The predicted molar refractivity (Wildman–Crippen MR) is 336 cm³/mol. The molecular weight excluding hydrogens is 983 g/mol. The number of allylic oxidation sites excluding steroid dienone is 14. The highest BCUT2D eigenvalue weighted by molar-refractivity contribution is 5.71. The van der Waals surface area contributed by atoms with Crippen LogP contribution in [0.3, 0.4) is 0 Å². The van der Waals surface area contributed by atoms with Gasteiger partial charge in [-0.2, -0.15) is 0 Å². The Morgan fingerprint density at radius 1 is 0.392 bits per heavy atom. The highest BCUT2D eigenvalue weighted by Crippen LogP contribution is 2.17. The number of quaternary nitrogens is 1. The van der Waals surface area contributed by atoms with Crippen molar-refractivity contribution in [2.45, 2.75) is 296 Å². The molecule has 0 spiro atoms. The second-order valence-electron chi connectivity index (χ2n) is 23.0. The zero-order chi connectivity index (χ0) is 57.6. The first-order valence-electron chi connectivity index (χ1n) is 32.8. The molecular formula is C70H124NO8+. The maximum atomic E-state index is 12.9. The van der Waals surface area contributed by atoms with Crippen LogP contribution in [0.2, 0.25) is 0 Å². The Hall–Kier alpha value is -3.53. The molecule has 9 nitrogen and oxygen atoms in total. The lowest BCUT2D eigenvalue weighted by Gasteiger charge is -2.25. The van der Waals surface area contributed by atoms with Crippen LogP contribution in [0.4, 0.5) is 0 Å². The molecule has 2 unspecified atom stereocenters. The summed E-state index contributed by atoms with van der Waals surface area (Å²) in [7, 11) is 5.97. The number of ether oxygens (including phenoxy) is 4. The van der Waals surface area contributed by atoms with Crippen molar-refractivity contribution >= 4 is 17.9 Å². The molecule has 0 aromatic carbocycles. The molecule has 2 atom stereocenters. The third-order valence-electron chi connectivity index (χ3n) is 14.1. The number of esters is 2. The number of unbranched alkanes of at least 4 members (excludes halogenated alkanes) is 31. The second-order valence-corrected chi connectivity index (χ2v) is 23.0. The molecule has 1 N–H and O–H groups in total. The molecule has 0 heterocycles. The van der Waals surface area contributed by atoms with Gasteiger partial charge in [0, 0.05) is 12.8 Å². The van der Waals surface area contributed by atoms with E-state index in [4.69, 9.17) is 18.9 Å². The highest BCUT2D eigenvalue weighted by atomic mass is 16.7. The molecule has 79 heavy (non-hydrogen) atoms. The molecule has 0 saturated carbocycles. The van der Waals surface area contributed by atoms with Gasteiger partial charge in [-0.1, -0.05) is 266 Å². The summed E-state index contributed by atoms with van der Waals surface area (Å²) >= 11 is 0. The van der Waals surface area contributed by atoms with E-state index in [0.717, 1.165) is 83.5 Å². The fourth-order valence-electron chi connectivity index (χ4n) is 9.13. The summed E-state index contributed by atoms with van der Waals surface area (Å²) in [6.45, 7) is 4.76. The average Bonchev–Trinajstić information content (AvgIpc) is 3.42. The summed E-state index contributed by atoms with van der Waals surface area (Å²) in [6.07, 6.45) is 78.3. The summed E-state index contributed by atoms with van der Waals surface area (Å²) in [6, 6.07) is 0. The Labute approximate surface area is 487 Å². The van der Waals surface area contributed by atoms with Crippen molar-refractivity contribution in [3.8, 4) is 0 Å². The van der Waals surface area contributed by atoms with Crippen molar-refractivity contribution < 1.29 is 42.9 Å². The normalized spacial score (nSPS) is 13.3. The summed E-state index contributed by atoms with van der Waals surface area (Å²) < 4.78 is 22.9. The molecule has 456 valence electrons. The minimum atomic E-state index is -1.52. The number of rotatable bonds is 60. The van der Waals surface area contributed by atoms with Crippen molar-refractivity contribution in [3.05, 3.63) is 85.1 Å². The lowest BCUT2D eigenvalue weighted by atomic mass is 10.0. The van der Waals surface area contributed by atoms with Gasteiger partial charge in [0.25, 0.3) is 6.29 Å². The van der Waals surface area contributed by atoms with Gasteiger partial charge in [-0.3, -0.25) is 9.59 Å². The molecule has 0 rings (SSSR count). The summed E-state index contributed by atoms with van der Waals surface area (Å²) in [5.74, 6) is -2.01. The SMILES string of the molecule is CC/C=C\C/C=C\C/C=C\C/C=C\CCCCCCCCCCC(=O)OC(COC(=O)CCCCCCCCCCCCCCCCCCCC/C=C\C/C=C\C/C=C\CCCCCCC)COC(OCC[N+](C)(C)C)C(=O)O. The molecule has 0 radical (unpaired) electrons. The molecule has 0 aromatic rings. The van der Waals surface area contributed by atoms with E-state index < -0.39 is 24.3 Å². The van der Waals surface area contributed by atoms with E-state index >= 15 is 0 Å². The smallest absolute Gasteiger partial charge is 0.361 e. The Morgan fingerprint density at radius 3 is 1.08 bits per heavy atom. The molecule has 0 fully saturated rings. The zero-order valence-electron chi connectivity index (χ0n) is 52.0. The lowest BCUT2D eigenvalue weighted by molar-refractivity contribution is -0.870. The van der Waals surface area contributed by atoms with Crippen molar-refractivity contribution in [2.24, 2.45) is 0 Å². The van der Waals surface area contributed by atoms with E-state index in [2.05, 4.69) is 98.9 Å². The Balaban J connectivity index is 4.11. The van der Waals surface area contributed by atoms with E-state index in [1.54, 1.807) is 0 Å². The number of nitrogens with zero attached hydrogens (tertiary/aromatic N) is 1. The highest BCUT2D eigenvalue weighted by Gasteiger charge is 2.25. The maximum absolute atomic E-state index is 12.9. The van der Waals surface area contributed by atoms with E-state index in [0.29, 0.717) is 23.9 Å².